The standard InChI is InChI=1S/C20H20Cl2N4O3S2/c21-16-4-3-15(17(22)12-16)13-26-18(5-8-23-26)24-20(27)14-6-9-25(10-7-14)31(28,29)19-2-1-11-30-19/h1-5,8,11-12,14H,6-7,9-10,13H2,(H,24,27). The number of thiophene rings is 1. The molecule has 1 aliphatic heterocycles. The topological polar surface area (TPSA) is 84.3 Å². The summed E-state index contributed by atoms with van der Waals surface area (Å²) < 4.78 is 28.7. The molecule has 1 amide bonds. The Balaban J connectivity index is 1.37. The average molecular weight is 499 g/mol. The van der Waals surface area contributed by atoms with Gasteiger partial charge in [-0.25, -0.2) is 13.1 Å². The monoisotopic (exact) mass is 498 g/mol. The number of hydrogen-bond acceptors (Lipinski definition) is 5. The van der Waals surface area contributed by atoms with E-state index < -0.39 is 10.0 Å². The van der Waals surface area contributed by atoms with Crippen LogP contribution in [0.3, 0.4) is 0 Å². The maximum atomic E-state index is 12.8. The molecule has 0 spiro atoms. The van der Waals surface area contributed by atoms with Crippen LogP contribution in [-0.4, -0.2) is 41.5 Å². The maximum Gasteiger partial charge on any atom is 0.252 e. The molecule has 7 nitrogen and oxygen atoms in total. The molecule has 11 heteroatoms. The highest BCUT2D eigenvalue weighted by molar-refractivity contribution is 7.91. The van der Waals surface area contributed by atoms with E-state index in [9.17, 15) is 13.2 Å². The number of rotatable bonds is 6. The summed E-state index contributed by atoms with van der Waals surface area (Å²) in [6.45, 7) is 1.02. The predicted molar refractivity (Wildman–Crippen MR) is 122 cm³/mol. The van der Waals surface area contributed by atoms with Crippen molar-refractivity contribution in [1.82, 2.24) is 14.1 Å². The van der Waals surface area contributed by atoms with Crippen molar-refractivity contribution in [2.45, 2.75) is 23.6 Å². The van der Waals surface area contributed by atoms with Crippen LogP contribution in [0, 0.1) is 5.92 Å². The molecule has 2 aromatic heterocycles. The lowest BCUT2D eigenvalue weighted by atomic mass is 9.97. The van der Waals surface area contributed by atoms with Crippen LogP contribution in [-0.2, 0) is 21.4 Å². The van der Waals surface area contributed by atoms with E-state index in [1.165, 1.54) is 15.6 Å². The van der Waals surface area contributed by atoms with Gasteiger partial charge >= 0.3 is 0 Å². The van der Waals surface area contributed by atoms with E-state index in [0.29, 0.717) is 52.5 Å². The molecule has 0 aliphatic carbocycles. The number of anilines is 1. The van der Waals surface area contributed by atoms with Crippen molar-refractivity contribution in [2.24, 2.45) is 5.92 Å². The Morgan fingerprint density at radius 2 is 1.97 bits per heavy atom. The summed E-state index contributed by atoms with van der Waals surface area (Å²) in [7, 11) is -3.48. The Kier molecular flexibility index (Phi) is 6.68. The lowest BCUT2D eigenvalue weighted by Gasteiger charge is -2.30. The fourth-order valence-electron chi connectivity index (χ4n) is 3.50. The Morgan fingerprint density at radius 1 is 1.19 bits per heavy atom. The minimum atomic E-state index is -3.48. The average Bonchev–Trinajstić information content (AvgIpc) is 3.43. The first-order chi connectivity index (χ1) is 14.8. The molecule has 1 aromatic carbocycles. The van der Waals surface area contributed by atoms with Gasteiger partial charge in [0.25, 0.3) is 10.0 Å². The molecule has 0 atom stereocenters. The Hall–Kier alpha value is -1.91. The number of halogens is 2. The van der Waals surface area contributed by atoms with Gasteiger partial charge in [-0.3, -0.25) is 4.79 Å². The van der Waals surface area contributed by atoms with Crippen LogP contribution in [0.15, 0.2) is 52.2 Å². The van der Waals surface area contributed by atoms with E-state index in [0.717, 1.165) is 5.56 Å². The van der Waals surface area contributed by atoms with Crippen LogP contribution < -0.4 is 5.32 Å². The van der Waals surface area contributed by atoms with Crippen LogP contribution >= 0.6 is 34.5 Å². The third kappa shape index (κ3) is 4.96. The van der Waals surface area contributed by atoms with E-state index in [2.05, 4.69) is 10.4 Å². The first kappa shape index (κ1) is 22.3. The number of amides is 1. The van der Waals surface area contributed by atoms with E-state index in [4.69, 9.17) is 23.2 Å². The first-order valence-electron chi connectivity index (χ1n) is 9.65. The lowest BCUT2D eigenvalue weighted by Crippen LogP contribution is -2.41. The van der Waals surface area contributed by atoms with Crippen LogP contribution in [0.4, 0.5) is 5.82 Å². The van der Waals surface area contributed by atoms with Crippen molar-refractivity contribution in [1.29, 1.82) is 0 Å². The molecule has 0 bridgehead atoms. The van der Waals surface area contributed by atoms with Gasteiger partial charge in [0.15, 0.2) is 0 Å². The van der Waals surface area contributed by atoms with Crippen LogP contribution in [0.25, 0.3) is 0 Å². The van der Waals surface area contributed by atoms with Crippen molar-refractivity contribution in [3.05, 3.63) is 63.6 Å². The summed E-state index contributed by atoms with van der Waals surface area (Å²) in [5.41, 5.74) is 0.831. The van der Waals surface area contributed by atoms with Gasteiger partial charge in [0.1, 0.15) is 10.0 Å². The third-order valence-corrected chi connectivity index (χ3v) is 9.08. The minimum Gasteiger partial charge on any atom is -0.311 e. The lowest BCUT2D eigenvalue weighted by molar-refractivity contribution is -0.121. The van der Waals surface area contributed by atoms with E-state index in [-0.39, 0.29) is 11.8 Å². The third-order valence-electron chi connectivity index (χ3n) is 5.22. The molecular weight excluding hydrogens is 479 g/mol. The molecule has 3 aromatic rings. The minimum absolute atomic E-state index is 0.142. The second-order valence-corrected chi connectivity index (χ2v) is 11.2. The maximum absolute atomic E-state index is 12.8. The highest BCUT2D eigenvalue weighted by atomic mass is 35.5. The smallest absolute Gasteiger partial charge is 0.252 e. The molecule has 0 saturated carbocycles. The van der Waals surface area contributed by atoms with Gasteiger partial charge < -0.3 is 5.32 Å². The molecule has 164 valence electrons. The Labute approximate surface area is 194 Å². The summed E-state index contributed by atoms with van der Waals surface area (Å²) in [5, 5.41) is 10.0. The van der Waals surface area contributed by atoms with Gasteiger partial charge in [0, 0.05) is 35.1 Å². The molecule has 0 radical (unpaired) electrons. The number of nitrogens with zero attached hydrogens (tertiary/aromatic N) is 3. The zero-order chi connectivity index (χ0) is 22.0. The Morgan fingerprint density at radius 3 is 2.65 bits per heavy atom. The predicted octanol–water partition coefficient (Wildman–Crippen LogP) is 4.34. The highest BCUT2D eigenvalue weighted by Gasteiger charge is 2.32. The fraction of sp³-hybridized carbons (Fsp3) is 0.300. The van der Waals surface area contributed by atoms with E-state index >= 15 is 0 Å². The highest BCUT2D eigenvalue weighted by Crippen LogP contribution is 2.27. The van der Waals surface area contributed by atoms with Gasteiger partial charge in [-0.05, 0) is 42.0 Å². The molecule has 0 unspecified atom stereocenters. The number of carbonyl (C=O) groups is 1. The summed E-state index contributed by atoms with van der Waals surface area (Å²) in [6, 6.07) is 10.3. The molecule has 3 heterocycles. The second-order valence-electron chi connectivity index (χ2n) is 7.21. The SMILES string of the molecule is O=C(Nc1ccnn1Cc1ccc(Cl)cc1Cl)C1CCN(S(=O)(=O)c2cccs2)CC1. The van der Waals surface area contributed by atoms with Crippen molar-refractivity contribution in [3.63, 3.8) is 0 Å². The van der Waals surface area contributed by atoms with Crippen LogP contribution in [0.2, 0.25) is 10.0 Å². The molecule has 31 heavy (non-hydrogen) atoms. The molecule has 1 aliphatic rings. The fourth-order valence-corrected chi connectivity index (χ4v) is 6.58. The van der Waals surface area contributed by atoms with E-state index in [1.54, 1.807) is 46.6 Å². The van der Waals surface area contributed by atoms with Gasteiger partial charge in [-0.2, -0.15) is 9.40 Å². The quantitative estimate of drug-likeness (QED) is 0.547. The van der Waals surface area contributed by atoms with Crippen molar-refractivity contribution in [3.8, 4) is 0 Å². The van der Waals surface area contributed by atoms with Gasteiger partial charge in [0.2, 0.25) is 5.91 Å². The number of carbonyl (C=O) groups excluding carboxylic acids is 1. The summed E-state index contributed by atoms with van der Waals surface area (Å²) in [6.07, 6.45) is 2.54. The number of sulfonamides is 1. The summed E-state index contributed by atoms with van der Waals surface area (Å²) in [5.74, 6) is 0.152. The zero-order valence-electron chi connectivity index (χ0n) is 16.4. The van der Waals surface area contributed by atoms with E-state index in [1.807, 2.05) is 6.07 Å². The number of nitrogens with one attached hydrogen (secondary N) is 1. The molecule has 1 saturated heterocycles. The normalized spacial score (nSPS) is 15.8. The zero-order valence-corrected chi connectivity index (χ0v) is 19.5. The number of piperidine rings is 1. The van der Waals surface area contributed by atoms with Gasteiger partial charge in [0.05, 0.1) is 12.7 Å². The van der Waals surface area contributed by atoms with Crippen molar-refractivity contribution >= 4 is 56.3 Å². The number of benzene rings is 1. The second kappa shape index (κ2) is 9.30. The number of aromatic nitrogens is 2. The molecule has 1 fully saturated rings. The van der Waals surface area contributed by atoms with Crippen LogP contribution in [0.5, 0.6) is 0 Å². The van der Waals surface area contributed by atoms with Gasteiger partial charge in [-0.15, -0.1) is 11.3 Å². The number of hydrogen-bond donors (Lipinski definition) is 1. The van der Waals surface area contributed by atoms with Crippen molar-refractivity contribution in [2.75, 3.05) is 18.4 Å². The Bertz CT molecular complexity index is 1170. The van der Waals surface area contributed by atoms with Crippen LogP contribution in [0.1, 0.15) is 18.4 Å². The first-order valence-corrected chi connectivity index (χ1v) is 12.7. The summed E-state index contributed by atoms with van der Waals surface area (Å²) in [4.78, 5) is 12.8. The largest absolute Gasteiger partial charge is 0.311 e. The molecule has 4 rings (SSSR count). The molecule has 1 N–H and O–H groups in total. The van der Waals surface area contributed by atoms with Crippen molar-refractivity contribution < 1.29 is 13.2 Å². The molecular formula is C20H20Cl2N4O3S2. The van der Waals surface area contributed by atoms with Gasteiger partial charge in [-0.1, -0.05) is 35.3 Å². The summed E-state index contributed by atoms with van der Waals surface area (Å²) >= 11 is 13.4.